The van der Waals surface area contributed by atoms with Crippen molar-refractivity contribution in [3.8, 4) is 0 Å². The van der Waals surface area contributed by atoms with E-state index in [1.54, 1.807) is 0 Å². The number of nitrogens with one attached hydrogen (secondary N) is 2. The molecule has 1 aliphatic heterocycles. The maximum atomic E-state index is 11.5. The lowest BCUT2D eigenvalue weighted by atomic mass is 10.2. The summed E-state index contributed by atoms with van der Waals surface area (Å²) in [6.07, 6.45) is 0. The molecule has 1 fully saturated rings. The van der Waals surface area contributed by atoms with Gasteiger partial charge in [-0.2, -0.15) is 0 Å². The van der Waals surface area contributed by atoms with Gasteiger partial charge in [-0.05, 0) is 18.4 Å². The van der Waals surface area contributed by atoms with Crippen LogP contribution < -0.4 is 10.6 Å². The highest BCUT2D eigenvalue weighted by molar-refractivity contribution is 14.0. The van der Waals surface area contributed by atoms with Crippen LogP contribution in [-0.4, -0.2) is 76.7 Å². The predicted octanol–water partition coefficient (Wildman–Crippen LogP) is 1.74. The fourth-order valence-electron chi connectivity index (χ4n) is 2.90. The molecule has 2 rings (SSSR count). The van der Waals surface area contributed by atoms with Gasteiger partial charge in [0.15, 0.2) is 15.8 Å². The van der Waals surface area contributed by atoms with Gasteiger partial charge in [0.1, 0.15) is 0 Å². The zero-order valence-electron chi connectivity index (χ0n) is 17.5. The molecule has 1 aliphatic rings. The minimum absolute atomic E-state index is 0. The molecule has 1 unspecified atom stereocenters. The molecule has 1 aromatic carbocycles. The molecule has 0 bridgehead atoms. The molecule has 0 amide bonds. The Bertz CT molecular complexity index is 687. The van der Waals surface area contributed by atoms with E-state index >= 15 is 0 Å². The Morgan fingerprint density at radius 1 is 1.21 bits per heavy atom. The number of ether oxygens (including phenoxy) is 1. The van der Waals surface area contributed by atoms with Crippen LogP contribution in [0.25, 0.3) is 0 Å². The molecule has 166 valence electrons. The Kier molecular flexibility index (Phi) is 12.8. The van der Waals surface area contributed by atoms with Crippen molar-refractivity contribution in [3.63, 3.8) is 0 Å². The number of hydrogen-bond acceptors (Lipinski definition) is 5. The summed E-state index contributed by atoms with van der Waals surface area (Å²) in [7, 11) is -2.82. The Labute approximate surface area is 192 Å². The molecule has 1 heterocycles. The van der Waals surface area contributed by atoms with Gasteiger partial charge in [-0.3, -0.25) is 9.89 Å². The number of sulfone groups is 1. The molecule has 1 aromatic rings. The lowest BCUT2D eigenvalue weighted by Gasteiger charge is -2.26. The first-order valence-electron chi connectivity index (χ1n) is 10.0. The molecule has 0 saturated carbocycles. The minimum atomic E-state index is -2.82. The van der Waals surface area contributed by atoms with Gasteiger partial charge in [0.2, 0.25) is 0 Å². The van der Waals surface area contributed by atoms with Crippen molar-refractivity contribution < 1.29 is 13.2 Å². The predicted molar refractivity (Wildman–Crippen MR) is 130 cm³/mol. The van der Waals surface area contributed by atoms with Gasteiger partial charge in [-0.15, -0.1) is 24.0 Å². The molecule has 2 N–H and O–H groups in total. The summed E-state index contributed by atoms with van der Waals surface area (Å²) in [5.41, 5.74) is 1.18. The highest BCUT2D eigenvalue weighted by atomic mass is 127. The van der Waals surface area contributed by atoms with Crippen molar-refractivity contribution in [2.45, 2.75) is 20.5 Å². The Morgan fingerprint density at radius 2 is 1.90 bits per heavy atom. The average molecular weight is 538 g/mol. The monoisotopic (exact) mass is 538 g/mol. The second-order valence-electron chi connectivity index (χ2n) is 7.25. The van der Waals surface area contributed by atoms with Crippen LogP contribution >= 0.6 is 24.0 Å². The summed E-state index contributed by atoms with van der Waals surface area (Å²) in [4.78, 5) is 6.82. The van der Waals surface area contributed by atoms with E-state index in [0.717, 1.165) is 25.6 Å². The van der Waals surface area contributed by atoms with E-state index < -0.39 is 9.84 Å². The summed E-state index contributed by atoms with van der Waals surface area (Å²) in [5, 5.41) is 6.59. The fraction of sp³-hybridized carbons (Fsp3) is 0.650. The molecule has 7 nitrogen and oxygen atoms in total. The Balaban J connectivity index is 0.00000420. The van der Waals surface area contributed by atoms with Crippen LogP contribution in [-0.2, 0) is 21.2 Å². The second-order valence-corrected chi connectivity index (χ2v) is 9.55. The molecular weight excluding hydrogens is 503 g/mol. The largest absolute Gasteiger partial charge is 0.376 e. The van der Waals surface area contributed by atoms with Crippen LogP contribution in [0.2, 0.25) is 0 Å². The molecule has 0 aromatic heterocycles. The van der Waals surface area contributed by atoms with Crippen LogP contribution in [0.5, 0.6) is 0 Å². The first kappa shape index (κ1) is 26.1. The summed E-state index contributed by atoms with van der Waals surface area (Å²) in [6.45, 7) is 9.74. The smallest absolute Gasteiger partial charge is 0.191 e. The van der Waals surface area contributed by atoms with E-state index in [4.69, 9.17) is 4.74 Å². The summed E-state index contributed by atoms with van der Waals surface area (Å²) >= 11 is 0. The average Bonchev–Trinajstić information content (AvgIpc) is 2.68. The maximum Gasteiger partial charge on any atom is 0.191 e. The normalized spacial score (nSPS) is 17.9. The minimum Gasteiger partial charge on any atom is -0.376 e. The molecule has 0 radical (unpaired) electrons. The number of nitrogens with zero attached hydrogens (tertiary/aromatic N) is 2. The third kappa shape index (κ3) is 11.2. The molecular formula is C20H35IN4O3S. The summed E-state index contributed by atoms with van der Waals surface area (Å²) < 4.78 is 28.8. The van der Waals surface area contributed by atoms with Gasteiger partial charge < -0.3 is 15.4 Å². The van der Waals surface area contributed by atoms with Gasteiger partial charge in [0.05, 0.1) is 24.7 Å². The zero-order chi connectivity index (χ0) is 20.2. The molecule has 9 heteroatoms. The first-order valence-corrected chi connectivity index (χ1v) is 11.9. The number of halogens is 1. The van der Waals surface area contributed by atoms with E-state index in [9.17, 15) is 8.42 Å². The van der Waals surface area contributed by atoms with E-state index in [1.807, 2.05) is 25.1 Å². The molecule has 0 aliphatic carbocycles. The Morgan fingerprint density at radius 3 is 2.55 bits per heavy atom. The molecule has 1 saturated heterocycles. The Hall–Kier alpha value is -0.910. The van der Waals surface area contributed by atoms with Crippen LogP contribution in [0, 0.1) is 5.92 Å². The van der Waals surface area contributed by atoms with Gasteiger partial charge in [-0.25, -0.2) is 8.42 Å². The maximum absolute atomic E-state index is 11.5. The highest BCUT2D eigenvalue weighted by Crippen LogP contribution is 2.04. The fourth-order valence-corrected chi connectivity index (χ4v) is 4.18. The van der Waals surface area contributed by atoms with E-state index in [-0.39, 0.29) is 35.5 Å². The number of hydrogen-bond donors (Lipinski definition) is 2. The second kappa shape index (κ2) is 14.2. The summed E-state index contributed by atoms with van der Waals surface area (Å²) in [6, 6.07) is 10.2. The van der Waals surface area contributed by atoms with Crippen molar-refractivity contribution >= 4 is 39.8 Å². The quantitative estimate of drug-likeness (QED) is 0.269. The third-order valence-corrected chi connectivity index (χ3v) is 6.19. The topological polar surface area (TPSA) is 83.0 Å². The lowest BCUT2D eigenvalue weighted by molar-refractivity contribution is 0.0945. The number of benzene rings is 1. The van der Waals surface area contributed by atoms with E-state index in [1.165, 1.54) is 5.56 Å². The third-order valence-electron chi connectivity index (χ3n) is 4.58. The van der Waals surface area contributed by atoms with Crippen LogP contribution in [0.1, 0.15) is 19.4 Å². The van der Waals surface area contributed by atoms with Crippen molar-refractivity contribution in [2.75, 3.05) is 57.4 Å². The van der Waals surface area contributed by atoms with Crippen LogP contribution in [0.3, 0.4) is 0 Å². The standard InChI is InChI=1S/C20H34N4O3S.HI/c1-3-21-20(22-9-10-24-11-13-28(25,26)14-12-24)23-15-18(2)16-27-17-19-7-5-4-6-8-19;/h4-8,18H,3,9-17H2,1-2H3,(H2,21,22,23);1H. The van der Waals surface area contributed by atoms with Crippen molar-refractivity contribution in [1.29, 1.82) is 0 Å². The summed E-state index contributed by atoms with van der Waals surface area (Å²) in [5.74, 6) is 1.65. The lowest BCUT2D eigenvalue weighted by Crippen LogP contribution is -2.46. The molecule has 1 atom stereocenters. The van der Waals surface area contributed by atoms with E-state index in [0.29, 0.717) is 38.8 Å². The van der Waals surface area contributed by atoms with Crippen LogP contribution in [0.4, 0.5) is 0 Å². The molecule has 29 heavy (non-hydrogen) atoms. The van der Waals surface area contributed by atoms with Crippen LogP contribution in [0.15, 0.2) is 35.3 Å². The number of aliphatic imine (C=N–C) groups is 1. The SMILES string of the molecule is CCNC(=NCC(C)COCc1ccccc1)NCCN1CCS(=O)(=O)CC1.I. The zero-order valence-corrected chi connectivity index (χ0v) is 20.6. The van der Waals surface area contributed by atoms with Gasteiger partial charge in [-0.1, -0.05) is 37.3 Å². The van der Waals surface area contributed by atoms with Crippen molar-refractivity contribution in [2.24, 2.45) is 10.9 Å². The van der Waals surface area contributed by atoms with Crippen molar-refractivity contribution in [3.05, 3.63) is 35.9 Å². The van der Waals surface area contributed by atoms with E-state index in [2.05, 4.69) is 39.6 Å². The first-order chi connectivity index (χ1) is 13.5. The number of rotatable bonds is 10. The van der Waals surface area contributed by atoms with Crippen molar-refractivity contribution in [1.82, 2.24) is 15.5 Å². The highest BCUT2D eigenvalue weighted by Gasteiger charge is 2.20. The molecule has 0 spiro atoms. The van der Waals surface area contributed by atoms with Gasteiger partial charge in [0, 0.05) is 39.3 Å². The number of guanidine groups is 1. The van der Waals surface area contributed by atoms with Gasteiger partial charge >= 0.3 is 0 Å². The van der Waals surface area contributed by atoms with Gasteiger partial charge in [0.25, 0.3) is 0 Å².